The molecule has 2 aromatic heterocycles. The van der Waals surface area contributed by atoms with Gasteiger partial charge in [0, 0.05) is 25.4 Å². The molecule has 0 saturated carbocycles. The standard InChI is InChI=1S/C20H29N5O3/c1-24-10-6-15(7-11-24)25-9-3-4-18(25)20-22-19(23-28-20)17-14-16(5-8-21-17)27-13-12-26-2/h5,8,14-15,18H,3-4,6-7,9-13H2,1-2H3/t18-/m0/s1. The zero-order chi connectivity index (χ0) is 19.3. The highest BCUT2D eigenvalue weighted by molar-refractivity contribution is 5.50. The molecule has 0 amide bonds. The molecule has 0 aliphatic carbocycles. The fourth-order valence-electron chi connectivity index (χ4n) is 4.16. The zero-order valence-electron chi connectivity index (χ0n) is 16.7. The number of rotatable bonds is 7. The van der Waals surface area contributed by atoms with E-state index in [1.807, 2.05) is 12.1 Å². The number of hydrogen-bond donors (Lipinski definition) is 0. The lowest BCUT2D eigenvalue weighted by molar-refractivity contribution is 0.0958. The highest BCUT2D eigenvalue weighted by Gasteiger charge is 2.36. The van der Waals surface area contributed by atoms with Crippen molar-refractivity contribution in [3.8, 4) is 17.3 Å². The van der Waals surface area contributed by atoms with Gasteiger partial charge in [0.2, 0.25) is 11.7 Å². The van der Waals surface area contributed by atoms with Crippen LogP contribution in [-0.2, 0) is 4.74 Å². The van der Waals surface area contributed by atoms with Crippen LogP contribution < -0.4 is 4.74 Å². The van der Waals surface area contributed by atoms with Crippen LogP contribution in [0, 0.1) is 0 Å². The predicted octanol–water partition coefficient (Wildman–Crippen LogP) is 2.39. The number of aromatic nitrogens is 3. The Hall–Kier alpha value is -2.03. The molecule has 0 radical (unpaired) electrons. The second kappa shape index (κ2) is 8.98. The molecule has 4 heterocycles. The first-order valence-electron chi connectivity index (χ1n) is 10.1. The van der Waals surface area contributed by atoms with E-state index in [2.05, 4.69) is 32.0 Å². The van der Waals surface area contributed by atoms with Crippen LogP contribution in [0.5, 0.6) is 5.75 Å². The number of piperidine rings is 1. The van der Waals surface area contributed by atoms with Gasteiger partial charge in [-0.1, -0.05) is 5.16 Å². The van der Waals surface area contributed by atoms with Gasteiger partial charge in [-0.2, -0.15) is 4.98 Å². The molecule has 2 aliphatic rings. The van der Waals surface area contributed by atoms with Crippen molar-refractivity contribution >= 4 is 0 Å². The first kappa shape index (κ1) is 19.3. The van der Waals surface area contributed by atoms with Gasteiger partial charge in [-0.15, -0.1) is 0 Å². The molecule has 4 rings (SSSR count). The third-order valence-electron chi connectivity index (χ3n) is 5.69. The first-order valence-corrected chi connectivity index (χ1v) is 10.1. The summed E-state index contributed by atoms with van der Waals surface area (Å²) in [6.07, 6.45) is 6.36. The van der Waals surface area contributed by atoms with Crippen molar-refractivity contribution in [2.24, 2.45) is 0 Å². The second-order valence-electron chi connectivity index (χ2n) is 7.60. The van der Waals surface area contributed by atoms with Gasteiger partial charge in [-0.3, -0.25) is 9.88 Å². The van der Waals surface area contributed by atoms with Crippen LogP contribution in [0.2, 0.25) is 0 Å². The smallest absolute Gasteiger partial charge is 0.244 e. The normalized spacial score (nSPS) is 22.0. The average Bonchev–Trinajstić information content (AvgIpc) is 3.38. The van der Waals surface area contributed by atoms with Gasteiger partial charge in [0.25, 0.3) is 0 Å². The minimum Gasteiger partial charge on any atom is -0.491 e. The Bertz CT molecular complexity index is 760. The molecule has 8 heteroatoms. The van der Waals surface area contributed by atoms with E-state index in [1.54, 1.807) is 13.3 Å². The van der Waals surface area contributed by atoms with Gasteiger partial charge in [0.1, 0.15) is 18.1 Å². The summed E-state index contributed by atoms with van der Waals surface area (Å²) in [6.45, 7) is 4.45. The molecule has 2 saturated heterocycles. The zero-order valence-corrected chi connectivity index (χ0v) is 16.7. The topological polar surface area (TPSA) is 76.8 Å². The number of hydrogen-bond acceptors (Lipinski definition) is 8. The summed E-state index contributed by atoms with van der Waals surface area (Å²) in [5.74, 6) is 1.95. The molecule has 2 aliphatic heterocycles. The fourth-order valence-corrected chi connectivity index (χ4v) is 4.16. The maximum absolute atomic E-state index is 5.67. The lowest BCUT2D eigenvalue weighted by Crippen LogP contribution is -2.43. The quantitative estimate of drug-likeness (QED) is 0.670. The first-order chi connectivity index (χ1) is 13.7. The van der Waals surface area contributed by atoms with Crippen molar-refractivity contribution in [1.82, 2.24) is 24.9 Å². The van der Waals surface area contributed by atoms with Gasteiger partial charge in [0.15, 0.2) is 0 Å². The van der Waals surface area contributed by atoms with Gasteiger partial charge < -0.3 is 18.9 Å². The molecule has 28 heavy (non-hydrogen) atoms. The van der Waals surface area contributed by atoms with Crippen LogP contribution in [0.1, 0.15) is 37.6 Å². The molecule has 2 fully saturated rings. The van der Waals surface area contributed by atoms with E-state index in [-0.39, 0.29) is 6.04 Å². The summed E-state index contributed by atoms with van der Waals surface area (Å²) in [6, 6.07) is 4.48. The summed E-state index contributed by atoms with van der Waals surface area (Å²) in [4.78, 5) is 14.0. The van der Waals surface area contributed by atoms with Crippen molar-refractivity contribution < 1.29 is 14.0 Å². The Labute approximate surface area is 165 Å². The van der Waals surface area contributed by atoms with E-state index in [1.165, 1.54) is 19.3 Å². The molecular formula is C20H29N5O3. The molecular weight excluding hydrogens is 358 g/mol. The minimum absolute atomic E-state index is 0.218. The van der Waals surface area contributed by atoms with Crippen LogP contribution in [0.25, 0.3) is 11.5 Å². The number of pyridine rings is 1. The van der Waals surface area contributed by atoms with E-state index in [9.17, 15) is 0 Å². The Morgan fingerprint density at radius 3 is 2.86 bits per heavy atom. The second-order valence-corrected chi connectivity index (χ2v) is 7.60. The SMILES string of the molecule is COCCOc1ccnc(-c2noc([C@@H]3CCCN3C3CCN(C)CC3)n2)c1. The minimum atomic E-state index is 0.218. The molecule has 0 bridgehead atoms. The third-order valence-corrected chi connectivity index (χ3v) is 5.69. The van der Waals surface area contributed by atoms with E-state index < -0.39 is 0 Å². The average molecular weight is 387 g/mol. The van der Waals surface area contributed by atoms with Gasteiger partial charge in [-0.05, 0) is 58.4 Å². The summed E-state index contributed by atoms with van der Waals surface area (Å²) in [5, 5.41) is 4.20. The Morgan fingerprint density at radius 2 is 2.04 bits per heavy atom. The van der Waals surface area contributed by atoms with Crippen molar-refractivity contribution in [2.45, 2.75) is 37.8 Å². The molecule has 8 nitrogen and oxygen atoms in total. The van der Waals surface area contributed by atoms with Crippen LogP contribution in [0.4, 0.5) is 0 Å². The van der Waals surface area contributed by atoms with Crippen LogP contribution in [-0.4, -0.2) is 78.0 Å². The number of ether oxygens (including phenoxy) is 2. The summed E-state index contributed by atoms with van der Waals surface area (Å²) in [5.41, 5.74) is 0.661. The molecule has 0 unspecified atom stereocenters. The maximum Gasteiger partial charge on any atom is 0.244 e. The monoisotopic (exact) mass is 387 g/mol. The van der Waals surface area contributed by atoms with Crippen LogP contribution in [0.3, 0.4) is 0 Å². The largest absolute Gasteiger partial charge is 0.491 e. The van der Waals surface area contributed by atoms with E-state index in [4.69, 9.17) is 14.0 Å². The predicted molar refractivity (Wildman–Crippen MR) is 104 cm³/mol. The van der Waals surface area contributed by atoms with Gasteiger partial charge >= 0.3 is 0 Å². The lowest BCUT2D eigenvalue weighted by Gasteiger charge is -2.37. The van der Waals surface area contributed by atoms with Crippen molar-refractivity contribution in [3.63, 3.8) is 0 Å². The van der Waals surface area contributed by atoms with Crippen molar-refractivity contribution in [1.29, 1.82) is 0 Å². The molecule has 0 N–H and O–H groups in total. The van der Waals surface area contributed by atoms with E-state index in [0.29, 0.717) is 36.7 Å². The summed E-state index contributed by atoms with van der Waals surface area (Å²) in [7, 11) is 3.85. The molecule has 0 aromatic carbocycles. The maximum atomic E-state index is 5.67. The fraction of sp³-hybridized carbons (Fsp3) is 0.650. The van der Waals surface area contributed by atoms with Crippen LogP contribution >= 0.6 is 0 Å². The number of methoxy groups -OCH3 is 1. The van der Waals surface area contributed by atoms with Crippen molar-refractivity contribution in [3.05, 3.63) is 24.2 Å². The van der Waals surface area contributed by atoms with E-state index in [0.717, 1.165) is 31.8 Å². The Kier molecular flexibility index (Phi) is 6.19. The highest BCUT2D eigenvalue weighted by atomic mass is 16.5. The van der Waals surface area contributed by atoms with E-state index >= 15 is 0 Å². The third kappa shape index (κ3) is 4.34. The van der Waals surface area contributed by atoms with Gasteiger partial charge in [-0.25, -0.2) is 0 Å². The highest BCUT2D eigenvalue weighted by Crippen LogP contribution is 2.36. The molecule has 2 aromatic rings. The van der Waals surface area contributed by atoms with Crippen molar-refractivity contribution in [2.75, 3.05) is 47.0 Å². The summed E-state index contributed by atoms with van der Waals surface area (Å²) < 4.78 is 16.3. The van der Waals surface area contributed by atoms with Gasteiger partial charge in [0.05, 0.1) is 12.6 Å². The number of likely N-dealkylation sites (tertiary alicyclic amines) is 2. The molecule has 152 valence electrons. The van der Waals surface area contributed by atoms with Crippen LogP contribution in [0.15, 0.2) is 22.9 Å². The molecule has 1 atom stereocenters. The Balaban J connectivity index is 1.46. The molecule has 0 spiro atoms. The Morgan fingerprint density at radius 1 is 1.18 bits per heavy atom. The lowest BCUT2D eigenvalue weighted by atomic mass is 10.0. The summed E-state index contributed by atoms with van der Waals surface area (Å²) >= 11 is 0. The number of nitrogens with zero attached hydrogens (tertiary/aromatic N) is 5.